The molecule has 0 amide bonds. The smallest absolute Gasteiger partial charge is 0.0928 e. The van der Waals surface area contributed by atoms with Crippen molar-refractivity contribution in [1.29, 1.82) is 0 Å². The van der Waals surface area contributed by atoms with Crippen LogP contribution in [0.5, 0.6) is 0 Å². The molecule has 0 saturated heterocycles. The first-order chi connectivity index (χ1) is 7.96. The van der Waals surface area contributed by atoms with E-state index in [1.54, 1.807) is 14.2 Å². The van der Waals surface area contributed by atoms with E-state index in [4.69, 9.17) is 9.47 Å². The molecule has 102 valence electrons. The Morgan fingerprint density at radius 3 is 2.53 bits per heavy atom. The van der Waals surface area contributed by atoms with E-state index in [0.717, 1.165) is 12.5 Å². The number of nitrogens with one attached hydrogen (secondary N) is 1. The normalized spacial score (nSPS) is 30.2. The van der Waals surface area contributed by atoms with Gasteiger partial charge in [-0.3, -0.25) is 0 Å². The Kier molecular flexibility index (Phi) is 5.90. The van der Waals surface area contributed by atoms with E-state index in [1.165, 1.54) is 19.3 Å². The quantitative estimate of drug-likeness (QED) is 0.777. The monoisotopic (exact) mass is 243 g/mol. The van der Waals surface area contributed by atoms with Gasteiger partial charge in [-0.15, -0.1) is 0 Å². The molecule has 0 aromatic rings. The lowest BCUT2D eigenvalue weighted by atomic mass is 9.70. The number of rotatable bonds is 6. The van der Waals surface area contributed by atoms with Crippen molar-refractivity contribution in [2.75, 3.05) is 27.4 Å². The highest BCUT2D eigenvalue weighted by Crippen LogP contribution is 2.38. The fourth-order valence-corrected chi connectivity index (χ4v) is 3.20. The van der Waals surface area contributed by atoms with Crippen molar-refractivity contribution in [3.05, 3.63) is 0 Å². The molecule has 1 aliphatic rings. The SMILES string of the molecule is COCC(CNC1CC(C)CC(C)(C)C1)OC. The molecule has 0 bridgehead atoms. The molecule has 3 nitrogen and oxygen atoms in total. The van der Waals surface area contributed by atoms with Crippen LogP contribution in [0.25, 0.3) is 0 Å². The Morgan fingerprint density at radius 1 is 1.29 bits per heavy atom. The summed E-state index contributed by atoms with van der Waals surface area (Å²) in [5.74, 6) is 0.819. The van der Waals surface area contributed by atoms with Gasteiger partial charge in [0.25, 0.3) is 0 Å². The van der Waals surface area contributed by atoms with Crippen LogP contribution in [0.1, 0.15) is 40.0 Å². The van der Waals surface area contributed by atoms with E-state index in [1.807, 2.05) is 0 Å². The van der Waals surface area contributed by atoms with Gasteiger partial charge in [-0.25, -0.2) is 0 Å². The van der Waals surface area contributed by atoms with E-state index in [9.17, 15) is 0 Å². The molecular weight excluding hydrogens is 214 g/mol. The van der Waals surface area contributed by atoms with Crippen LogP contribution in [-0.2, 0) is 9.47 Å². The molecule has 3 unspecified atom stereocenters. The Hall–Kier alpha value is -0.120. The van der Waals surface area contributed by atoms with Gasteiger partial charge in [0.2, 0.25) is 0 Å². The third kappa shape index (κ3) is 5.36. The summed E-state index contributed by atoms with van der Waals surface area (Å²) >= 11 is 0. The average molecular weight is 243 g/mol. The zero-order valence-corrected chi connectivity index (χ0v) is 12.1. The van der Waals surface area contributed by atoms with E-state index in [2.05, 4.69) is 26.1 Å². The highest BCUT2D eigenvalue weighted by Gasteiger charge is 2.31. The Labute approximate surface area is 106 Å². The maximum absolute atomic E-state index is 5.37. The highest BCUT2D eigenvalue weighted by atomic mass is 16.5. The molecule has 1 fully saturated rings. The summed E-state index contributed by atoms with van der Waals surface area (Å²) in [4.78, 5) is 0. The second-order valence-electron chi connectivity index (χ2n) is 6.33. The first-order valence-electron chi connectivity index (χ1n) is 6.72. The van der Waals surface area contributed by atoms with Gasteiger partial charge in [0, 0.05) is 26.8 Å². The van der Waals surface area contributed by atoms with Crippen molar-refractivity contribution >= 4 is 0 Å². The molecule has 0 radical (unpaired) electrons. The van der Waals surface area contributed by atoms with Crippen LogP contribution in [0.2, 0.25) is 0 Å². The number of methoxy groups -OCH3 is 2. The first-order valence-corrected chi connectivity index (χ1v) is 6.72. The van der Waals surface area contributed by atoms with Crippen molar-refractivity contribution in [3.8, 4) is 0 Å². The zero-order chi connectivity index (χ0) is 12.9. The lowest BCUT2D eigenvalue weighted by Crippen LogP contribution is -2.44. The number of hydrogen-bond donors (Lipinski definition) is 1. The Balaban J connectivity index is 2.35. The first kappa shape index (κ1) is 14.9. The molecule has 1 rings (SSSR count). The topological polar surface area (TPSA) is 30.5 Å². The molecular formula is C14H29NO2. The van der Waals surface area contributed by atoms with Crippen molar-refractivity contribution in [3.63, 3.8) is 0 Å². The van der Waals surface area contributed by atoms with Gasteiger partial charge in [-0.05, 0) is 30.6 Å². The van der Waals surface area contributed by atoms with Crippen molar-refractivity contribution in [2.24, 2.45) is 11.3 Å². The number of hydrogen-bond acceptors (Lipinski definition) is 3. The minimum atomic E-state index is 0.167. The molecule has 1 saturated carbocycles. The Morgan fingerprint density at radius 2 is 2.00 bits per heavy atom. The second-order valence-corrected chi connectivity index (χ2v) is 6.33. The van der Waals surface area contributed by atoms with Gasteiger partial charge in [-0.2, -0.15) is 0 Å². The average Bonchev–Trinajstić information content (AvgIpc) is 2.21. The van der Waals surface area contributed by atoms with Gasteiger partial charge < -0.3 is 14.8 Å². The summed E-state index contributed by atoms with van der Waals surface area (Å²) in [6.07, 6.45) is 4.06. The van der Waals surface area contributed by atoms with Crippen LogP contribution in [0.3, 0.4) is 0 Å². The Bertz CT molecular complexity index is 218. The van der Waals surface area contributed by atoms with Crippen LogP contribution in [0.15, 0.2) is 0 Å². The fraction of sp³-hybridized carbons (Fsp3) is 1.00. The molecule has 0 aromatic heterocycles. The lowest BCUT2D eigenvalue weighted by Gasteiger charge is -2.39. The van der Waals surface area contributed by atoms with Crippen LogP contribution in [0, 0.1) is 11.3 Å². The summed E-state index contributed by atoms with van der Waals surface area (Å²) < 4.78 is 10.5. The van der Waals surface area contributed by atoms with Gasteiger partial charge in [0.1, 0.15) is 0 Å². The van der Waals surface area contributed by atoms with E-state index >= 15 is 0 Å². The van der Waals surface area contributed by atoms with Crippen LogP contribution in [-0.4, -0.2) is 39.5 Å². The van der Waals surface area contributed by atoms with Crippen molar-refractivity contribution < 1.29 is 9.47 Å². The zero-order valence-electron chi connectivity index (χ0n) is 12.1. The van der Waals surface area contributed by atoms with Crippen molar-refractivity contribution in [2.45, 2.75) is 52.2 Å². The fourth-order valence-electron chi connectivity index (χ4n) is 3.20. The summed E-state index contributed by atoms with van der Waals surface area (Å²) in [6, 6.07) is 0.628. The maximum atomic E-state index is 5.37. The summed E-state index contributed by atoms with van der Waals surface area (Å²) in [6.45, 7) is 8.66. The molecule has 0 aliphatic heterocycles. The van der Waals surface area contributed by atoms with Crippen LogP contribution >= 0.6 is 0 Å². The van der Waals surface area contributed by atoms with Gasteiger partial charge in [0.15, 0.2) is 0 Å². The molecule has 3 heteroatoms. The minimum Gasteiger partial charge on any atom is -0.382 e. The maximum Gasteiger partial charge on any atom is 0.0928 e. The van der Waals surface area contributed by atoms with Crippen LogP contribution < -0.4 is 5.32 Å². The van der Waals surface area contributed by atoms with E-state index in [-0.39, 0.29) is 6.10 Å². The molecule has 1 aliphatic carbocycles. The second kappa shape index (κ2) is 6.72. The molecule has 17 heavy (non-hydrogen) atoms. The summed E-state index contributed by atoms with van der Waals surface area (Å²) in [5.41, 5.74) is 0.471. The molecule has 3 atom stereocenters. The minimum absolute atomic E-state index is 0.167. The summed E-state index contributed by atoms with van der Waals surface area (Å²) in [7, 11) is 3.47. The van der Waals surface area contributed by atoms with Crippen LogP contribution in [0.4, 0.5) is 0 Å². The van der Waals surface area contributed by atoms with Gasteiger partial charge in [-0.1, -0.05) is 20.8 Å². The molecule has 0 aromatic carbocycles. The van der Waals surface area contributed by atoms with Gasteiger partial charge >= 0.3 is 0 Å². The molecule has 0 spiro atoms. The predicted octanol–water partition coefficient (Wildman–Crippen LogP) is 2.45. The summed E-state index contributed by atoms with van der Waals surface area (Å²) in [5, 5.41) is 3.64. The van der Waals surface area contributed by atoms with E-state index in [0.29, 0.717) is 18.1 Å². The highest BCUT2D eigenvalue weighted by molar-refractivity contribution is 4.86. The molecule has 1 N–H and O–H groups in total. The third-order valence-corrected chi connectivity index (χ3v) is 3.71. The van der Waals surface area contributed by atoms with E-state index < -0.39 is 0 Å². The van der Waals surface area contributed by atoms with Crippen molar-refractivity contribution in [1.82, 2.24) is 5.32 Å². The van der Waals surface area contributed by atoms with Gasteiger partial charge in [0.05, 0.1) is 12.7 Å². The third-order valence-electron chi connectivity index (χ3n) is 3.71. The lowest BCUT2D eigenvalue weighted by molar-refractivity contribution is 0.0239. The predicted molar refractivity (Wildman–Crippen MR) is 71.3 cm³/mol. The molecule has 0 heterocycles. The number of ether oxygens (including phenoxy) is 2. The standard InChI is InChI=1S/C14H29NO2/c1-11-6-12(8-14(2,3)7-11)15-9-13(17-5)10-16-4/h11-13,15H,6-10H2,1-5H3. The largest absolute Gasteiger partial charge is 0.382 e.